The van der Waals surface area contributed by atoms with Crippen LogP contribution >= 0.6 is 0 Å². The van der Waals surface area contributed by atoms with Crippen molar-refractivity contribution >= 4 is 29.5 Å². The van der Waals surface area contributed by atoms with E-state index in [9.17, 15) is 28.0 Å². The molecule has 0 aliphatic carbocycles. The minimum Gasteiger partial charge on any atom is -0.453 e. The Morgan fingerprint density at radius 2 is 1.93 bits per heavy atom. The number of esters is 1. The molecular formula is C18H21F2N3O5. The van der Waals surface area contributed by atoms with Crippen molar-refractivity contribution in [1.29, 1.82) is 0 Å². The summed E-state index contributed by atoms with van der Waals surface area (Å²) in [5, 5.41) is 4.83. The van der Waals surface area contributed by atoms with Crippen LogP contribution in [0.5, 0.6) is 0 Å². The van der Waals surface area contributed by atoms with Gasteiger partial charge in [-0.3, -0.25) is 19.3 Å². The number of hydrogen-bond donors (Lipinski definition) is 2. The number of nitrogens with one attached hydrogen (secondary N) is 2. The van der Waals surface area contributed by atoms with E-state index in [2.05, 4.69) is 10.6 Å². The summed E-state index contributed by atoms with van der Waals surface area (Å²) < 4.78 is 31.0. The first-order valence-electron chi connectivity index (χ1n) is 8.61. The maximum Gasteiger partial charge on any atom is 0.325 e. The summed E-state index contributed by atoms with van der Waals surface area (Å²) >= 11 is 0. The fourth-order valence-electron chi connectivity index (χ4n) is 2.53. The van der Waals surface area contributed by atoms with Crippen LogP contribution in [0.4, 0.5) is 19.3 Å². The number of nitrogens with zero attached hydrogens (tertiary/aromatic N) is 1. The fraction of sp³-hybridized carbons (Fsp3) is 0.444. The average Bonchev–Trinajstić information content (AvgIpc) is 2.79. The van der Waals surface area contributed by atoms with E-state index in [0.717, 1.165) is 17.0 Å². The zero-order valence-electron chi connectivity index (χ0n) is 15.7. The van der Waals surface area contributed by atoms with Crippen molar-refractivity contribution in [2.75, 3.05) is 11.9 Å². The topological polar surface area (TPSA) is 105 Å². The first-order valence-corrected chi connectivity index (χ1v) is 8.61. The number of carbonyl (C=O) groups is 4. The Labute approximate surface area is 160 Å². The fourth-order valence-corrected chi connectivity index (χ4v) is 2.53. The molecule has 0 bridgehead atoms. The molecule has 1 saturated heterocycles. The highest BCUT2D eigenvalue weighted by atomic mass is 19.2. The van der Waals surface area contributed by atoms with Crippen LogP contribution in [0.15, 0.2) is 18.2 Å². The van der Waals surface area contributed by atoms with Crippen LogP contribution in [0.25, 0.3) is 0 Å². The molecule has 2 N–H and O–H groups in total. The highest BCUT2D eigenvalue weighted by Crippen LogP contribution is 2.17. The number of benzene rings is 1. The summed E-state index contributed by atoms with van der Waals surface area (Å²) in [5.74, 6) is -3.96. The zero-order valence-corrected chi connectivity index (χ0v) is 15.7. The number of carbonyl (C=O) groups excluding carboxylic acids is 4. The summed E-state index contributed by atoms with van der Waals surface area (Å²) in [4.78, 5) is 48.6. The van der Waals surface area contributed by atoms with Gasteiger partial charge in [-0.25, -0.2) is 13.6 Å². The van der Waals surface area contributed by atoms with Crippen molar-refractivity contribution < 1.29 is 32.7 Å². The van der Waals surface area contributed by atoms with E-state index in [1.165, 1.54) is 13.0 Å². The zero-order chi connectivity index (χ0) is 21.1. The number of hydrogen-bond acceptors (Lipinski definition) is 5. The SMILES string of the molecule is C[C@@H](OC(=O)CCCN1C(=O)NC(C)(C)C1=O)C(=O)Nc1ccc(F)c(F)c1. The second kappa shape index (κ2) is 8.32. The Morgan fingerprint density at radius 3 is 2.50 bits per heavy atom. The Balaban J connectivity index is 1.77. The van der Waals surface area contributed by atoms with E-state index in [0.29, 0.717) is 0 Å². The molecule has 4 amide bonds. The maximum atomic E-state index is 13.1. The third-order valence-electron chi connectivity index (χ3n) is 4.07. The molecule has 1 heterocycles. The lowest BCUT2D eigenvalue weighted by atomic mass is 10.1. The summed E-state index contributed by atoms with van der Waals surface area (Å²) in [6.07, 6.45) is -1.11. The molecule has 1 aromatic carbocycles. The number of halogens is 2. The van der Waals surface area contributed by atoms with Gasteiger partial charge in [0, 0.05) is 24.7 Å². The van der Waals surface area contributed by atoms with Crippen molar-refractivity contribution in [3.8, 4) is 0 Å². The standard InChI is InChI=1S/C18H21F2N3O5/c1-10(15(25)21-11-6-7-12(19)13(20)9-11)28-14(24)5-4-8-23-16(26)18(2,3)22-17(23)27/h6-7,9-10H,4-5,8H2,1-3H3,(H,21,25)(H,22,27)/t10-/m1/s1. The van der Waals surface area contributed by atoms with Crippen molar-refractivity contribution in [1.82, 2.24) is 10.2 Å². The first kappa shape index (κ1) is 21.3. The lowest BCUT2D eigenvalue weighted by molar-refractivity contribution is -0.153. The molecule has 1 aliphatic rings. The van der Waals surface area contributed by atoms with Crippen molar-refractivity contribution in [2.45, 2.75) is 45.3 Å². The molecule has 1 aromatic rings. The molecule has 0 aromatic heterocycles. The molecule has 1 aliphatic heterocycles. The largest absolute Gasteiger partial charge is 0.453 e. The van der Waals surface area contributed by atoms with Crippen molar-refractivity contribution in [3.05, 3.63) is 29.8 Å². The van der Waals surface area contributed by atoms with Crippen LogP contribution < -0.4 is 10.6 Å². The number of imide groups is 1. The lowest BCUT2D eigenvalue weighted by Crippen LogP contribution is -2.40. The van der Waals surface area contributed by atoms with Crippen LogP contribution in [0.3, 0.4) is 0 Å². The van der Waals surface area contributed by atoms with Crippen molar-refractivity contribution in [3.63, 3.8) is 0 Å². The molecule has 0 saturated carbocycles. The predicted molar refractivity (Wildman–Crippen MR) is 94.1 cm³/mol. The summed E-state index contributed by atoms with van der Waals surface area (Å²) in [6, 6.07) is 2.31. The number of amides is 4. The van der Waals surface area contributed by atoms with Gasteiger partial charge in [-0.15, -0.1) is 0 Å². The van der Waals surface area contributed by atoms with Gasteiger partial charge in [0.15, 0.2) is 17.7 Å². The highest BCUT2D eigenvalue weighted by molar-refractivity contribution is 6.06. The van der Waals surface area contributed by atoms with E-state index in [4.69, 9.17) is 4.74 Å². The molecule has 8 nitrogen and oxygen atoms in total. The van der Waals surface area contributed by atoms with Crippen LogP contribution in [-0.2, 0) is 19.1 Å². The Hall–Kier alpha value is -3.04. The number of rotatable bonds is 7. The molecule has 2 rings (SSSR count). The van der Waals surface area contributed by atoms with E-state index < -0.39 is 41.2 Å². The van der Waals surface area contributed by atoms with Gasteiger partial charge in [0.1, 0.15) is 5.54 Å². The van der Waals surface area contributed by atoms with E-state index in [1.54, 1.807) is 13.8 Å². The molecule has 1 atom stereocenters. The third-order valence-corrected chi connectivity index (χ3v) is 4.07. The maximum absolute atomic E-state index is 13.1. The van der Waals surface area contributed by atoms with Crippen LogP contribution in [0.2, 0.25) is 0 Å². The molecule has 28 heavy (non-hydrogen) atoms. The molecule has 10 heteroatoms. The van der Waals surface area contributed by atoms with E-state index >= 15 is 0 Å². The summed E-state index contributed by atoms with van der Waals surface area (Å²) in [5.41, 5.74) is -0.961. The van der Waals surface area contributed by atoms with Crippen LogP contribution in [-0.4, -0.2) is 46.9 Å². The monoisotopic (exact) mass is 397 g/mol. The normalized spacial score (nSPS) is 16.5. The number of anilines is 1. The highest BCUT2D eigenvalue weighted by Gasteiger charge is 2.43. The van der Waals surface area contributed by atoms with Gasteiger partial charge < -0.3 is 15.4 Å². The molecule has 152 valence electrons. The van der Waals surface area contributed by atoms with Crippen LogP contribution in [0, 0.1) is 11.6 Å². The van der Waals surface area contributed by atoms with Gasteiger partial charge in [-0.2, -0.15) is 0 Å². The Kier molecular flexibility index (Phi) is 6.32. The van der Waals surface area contributed by atoms with E-state index in [-0.39, 0.29) is 31.0 Å². The Bertz CT molecular complexity index is 812. The first-order chi connectivity index (χ1) is 13.0. The van der Waals surface area contributed by atoms with E-state index in [1.807, 2.05) is 0 Å². The van der Waals surface area contributed by atoms with Gasteiger partial charge >= 0.3 is 12.0 Å². The molecule has 0 spiro atoms. The molecule has 0 radical (unpaired) electrons. The van der Waals surface area contributed by atoms with Gasteiger partial charge in [0.25, 0.3) is 11.8 Å². The average molecular weight is 397 g/mol. The molecule has 0 unspecified atom stereocenters. The van der Waals surface area contributed by atoms with Gasteiger partial charge in [0.2, 0.25) is 0 Å². The smallest absolute Gasteiger partial charge is 0.325 e. The predicted octanol–water partition coefficient (Wildman–Crippen LogP) is 1.95. The van der Waals surface area contributed by atoms with Crippen LogP contribution in [0.1, 0.15) is 33.6 Å². The van der Waals surface area contributed by atoms with Gasteiger partial charge in [0.05, 0.1) is 0 Å². The second-order valence-corrected chi connectivity index (χ2v) is 6.87. The molecular weight excluding hydrogens is 376 g/mol. The minimum absolute atomic E-state index is 0.0213. The third kappa shape index (κ3) is 5.02. The quantitative estimate of drug-likeness (QED) is 0.541. The number of urea groups is 1. The lowest BCUT2D eigenvalue weighted by Gasteiger charge is -2.16. The van der Waals surface area contributed by atoms with Gasteiger partial charge in [-0.1, -0.05) is 0 Å². The van der Waals surface area contributed by atoms with Crippen molar-refractivity contribution in [2.24, 2.45) is 0 Å². The molecule has 1 fully saturated rings. The summed E-state index contributed by atoms with van der Waals surface area (Å²) in [6.45, 7) is 4.52. The number of ether oxygens (including phenoxy) is 1. The second-order valence-electron chi connectivity index (χ2n) is 6.87. The Morgan fingerprint density at radius 1 is 1.25 bits per heavy atom. The van der Waals surface area contributed by atoms with Gasteiger partial charge in [-0.05, 0) is 39.3 Å². The summed E-state index contributed by atoms with van der Waals surface area (Å²) in [7, 11) is 0. The minimum atomic E-state index is -1.17.